The molecular weight excluding hydrogens is 334 g/mol. The lowest BCUT2D eigenvalue weighted by Gasteiger charge is -2.20. The number of rotatable bonds is 7. The Morgan fingerprint density at radius 3 is 2.81 bits per heavy atom. The zero-order chi connectivity index (χ0) is 15.4. The lowest BCUT2D eigenvalue weighted by atomic mass is 10.0. The number of nitrogens with zero attached hydrogens (tertiary/aromatic N) is 2. The Labute approximate surface area is 133 Å². The van der Waals surface area contributed by atoms with Gasteiger partial charge in [0.05, 0.1) is 35.6 Å². The van der Waals surface area contributed by atoms with Crippen LogP contribution in [0, 0.1) is 13.8 Å². The van der Waals surface area contributed by atoms with Crippen molar-refractivity contribution in [2.45, 2.75) is 33.4 Å². The molecule has 1 N–H and O–H groups in total. The van der Waals surface area contributed by atoms with Crippen molar-refractivity contribution in [1.29, 1.82) is 0 Å². The number of methoxy groups -OCH3 is 1. The molecule has 0 aromatic carbocycles. The lowest BCUT2D eigenvalue weighted by Crippen LogP contribution is -2.26. The molecule has 0 amide bonds. The smallest absolute Gasteiger partial charge is 0.106 e. The molecule has 0 fully saturated rings. The quantitative estimate of drug-likeness (QED) is 0.828. The molecule has 2 aromatic rings. The fraction of sp³-hybridized carbons (Fsp3) is 0.533. The zero-order valence-electron chi connectivity index (χ0n) is 12.9. The summed E-state index contributed by atoms with van der Waals surface area (Å²) in [6, 6.07) is 2.13. The van der Waals surface area contributed by atoms with Gasteiger partial charge in [0.25, 0.3) is 0 Å². The second-order valence-electron chi connectivity index (χ2n) is 4.95. The highest BCUT2D eigenvalue weighted by Crippen LogP contribution is 2.31. The van der Waals surface area contributed by atoms with Crippen LogP contribution < -0.4 is 5.32 Å². The first kappa shape index (κ1) is 16.3. The van der Waals surface area contributed by atoms with Crippen LogP contribution in [0.15, 0.2) is 21.2 Å². The standard InChI is InChI=1S/C15H22BrN3O2/c1-5-17-14(12-8-10(2)21-11(12)3)15-13(16)9-18-19(15)6-7-20-4/h8-9,14,17H,5-7H2,1-4H3. The third-order valence-electron chi connectivity index (χ3n) is 3.41. The first-order valence-corrected chi connectivity index (χ1v) is 7.88. The minimum Gasteiger partial charge on any atom is -0.466 e. The average molecular weight is 356 g/mol. The second-order valence-corrected chi connectivity index (χ2v) is 5.81. The van der Waals surface area contributed by atoms with E-state index in [1.54, 1.807) is 7.11 Å². The third-order valence-corrected chi connectivity index (χ3v) is 4.02. The van der Waals surface area contributed by atoms with E-state index in [2.05, 4.69) is 39.3 Å². The summed E-state index contributed by atoms with van der Waals surface area (Å²) in [6.45, 7) is 8.26. The molecular formula is C15H22BrN3O2. The number of ether oxygens (including phenoxy) is 1. The highest BCUT2D eigenvalue weighted by atomic mass is 79.9. The lowest BCUT2D eigenvalue weighted by molar-refractivity contribution is 0.182. The van der Waals surface area contributed by atoms with E-state index in [0.717, 1.165) is 40.3 Å². The SMILES string of the molecule is CCNC(c1cc(C)oc1C)c1c(Br)cnn1CCOC. The molecule has 0 spiro atoms. The van der Waals surface area contributed by atoms with Crippen LogP contribution in [0.3, 0.4) is 0 Å². The van der Waals surface area contributed by atoms with Gasteiger partial charge in [0.1, 0.15) is 11.5 Å². The number of halogens is 1. The Morgan fingerprint density at radius 1 is 1.48 bits per heavy atom. The monoisotopic (exact) mass is 355 g/mol. The molecule has 0 saturated heterocycles. The van der Waals surface area contributed by atoms with Crippen LogP contribution in [0.4, 0.5) is 0 Å². The van der Waals surface area contributed by atoms with Gasteiger partial charge < -0.3 is 14.5 Å². The first-order chi connectivity index (χ1) is 10.1. The van der Waals surface area contributed by atoms with Gasteiger partial charge in [-0.05, 0) is 42.4 Å². The minimum absolute atomic E-state index is 0.0428. The average Bonchev–Trinajstić information content (AvgIpc) is 2.97. The molecule has 0 aliphatic rings. The van der Waals surface area contributed by atoms with Crippen LogP contribution in [0.5, 0.6) is 0 Å². The Hall–Kier alpha value is -1.11. The molecule has 2 rings (SSSR count). The summed E-state index contributed by atoms with van der Waals surface area (Å²) in [5, 5.41) is 7.96. The first-order valence-electron chi connectivity index (χ1n) is 7.08. The van der Waals surface area contributed by atoms with E-state index in [9.17, 15) is 0 Å². The van der Waals surface area contributed by atoms with Crippen molar-refractivity contribution in [3.8, 4) is 0 Å². The number of hydrogen-bond acceptors (Lipinski definition) is 4. The van der Waals surface area contributed by atoms with Crippen LogP contribution in [0.25, 0.3) is 0 Å². The number of aromatic nitrogens is 2. The predicted molar refractivity (Wildman–Crippen MR) is 85.5 cm³/mol. The number of hydrogen-bond donors (Lipinski definition) is 1. The van der Waals surface area contributed by atoms with E-state index < -0.39 is 0 Å². The van der Waals surface area contributed by atoms with Crippen molar-refractivity contribution in [2.75, 3.05) is 20.3 Å². The van der Waals surface area contributed by atoms with Gasteiger partial charge in [0, 0.05) is 12.7 Å². The van der Waals surface area contributed by atoms with Gasteiger partial charge in [-0.15, -0.1) is 0 Å². The van der Waals surface area contributed by atoms with Gasteiger partial charge in [0.15, 0.2) is 0 Å². The van der Waals surface area contributed by atoms with Crippen molar-refractivity contribution >= 4 is 15.9 Å². The Morgan fingerprint density at radius 2 is 2.24 bits per heavy atom. The summed E-state index contributed by atoms with van der Waals surface area (Å²) in [5.74, 6) is 1.86. The maximum atomic E-state index is 5.69. The zero-order valence-corrected chi connectivity index (χ0v) is 14.5. The van der Waals surface area contributed by atoms with E-state index in [4.69, 9.17) is 9.15 Å². The van der Waals surface area contributed by atoms with E-state index in [1.165, 1.54) is 0 Å². The van der Waals surface area contributed by atoms with Crippen LogP contribution in [-0.4, -0.2) is 30.0 Å². The molecule has 1 unspecified atom stereocenters. The predicted octanol–water partition coefficient (Wildman–Crippen LogP) is 3.20. The van der Waals surface area contributed by atoms with Gasteiger partial charge >= 0.3 is 0 Å². The van der Waals surface area contributed by atoms with Gasteiger partial charge in [-0.2, -0.15) is 5.10 Å². The van der Waals surface area contributed by atoms with Gasteiger partial charge in [-0.3, -0.25) is 4.68 Å². The molecule has 5 nitrogen and oxygen atoms in total. The Kier molecular flexibility index (Phi) is 5.61. The minimum atomic E-state index is 0.0428. The molecule has 21 heavy (non-hydrogen) atoms. The van der Waals surface area contributed by atoms with Crippen LogP contribution >= 0.6 is 15.9 Å². The Bertz CT molecular complexity index is 592. The van der Waals surface area contributed by atoms with Crippen molar-refractivity contribution in [3.63, 3.8) is 0 Å². The fourth-order valence-corrected chi connectivity index (χ4v) is 3.04. The molecule has 0 aliphatic heterocycles. The third kappa shape index (κ3) is 3.56. The molecule has 116 valence electrons. The molecule has 0 bridgehead atoms. The van der Waals surface area contributed by atoms with E-state index in [1.807, 2.05) is 24.7 Å². The largest absolute Gasteiger partial charge is 0.466 e. The maximum Gasteiger partial charge on any atom is 0.106 e. The summed E-state index contributed by atoms with van der Waals surface area (Å²) in [4.78, 5) is 0. The number of aryl methyl sites for hydroxylation is 2. The van der Waals surface area contributed by atoms with Gasteiger partial charge in [-0.25, -0.2) is 0 Å². The van der Waals surface area contributed by atoms with Crippen LogP contribution in [0.2, 0.25) is 0 Å². The summed E-state index contributed by atoms with van der Waals surface area (Å²) >= 11 is 3.61. The number of nitrogens with one attached hydrogen (secondary N) is 1. The summed E-state index contributed by atoms with van der Waals surface area (Å²) in [7, 11) is 1.70. The molecule has 2 aromatic heterocycles. The van der Waals surface area contributed by atoms with Crippen molar-refractivity contribution < 1.29 is 9.15 Å². The molecule has 2 heterocycles. The highest BCUT2D eigenvalue weighted by molar-refractivity contribution is 9.10. The number of furan rings is 1. The molecule has 1 atom stereocenters. The van der Waals surface area contributed by atoms with Crippen molar-refractivity contribution in [2.24, 2.45) is 0 Å². The summed E-state index contributed by atoms with van der Waals surface area (Å²) in [5.41, 5.74) is 2.24. The fourth-order valence-electron chi connectivity index (χ4n) is 2.51. The van der Waals surface area contributed by atoms with Crippen LogP contribution in [-0.2, 0) is 11.3 Å². The highest BCUT2D eigenvalue weighted by Gasteiger charge is 2.24. The van der Waals surface area contributed by atoms with E-state index in [0.29, 0.717) is 6.61 Å². The van der Waals surface area contributed by atoms with E-state index in [-0.39, 0.29) is 6.04 Å². The summed E-state index contributed by atoms with van der Waals surface area (Å²) < 4.78 is 13.8. The molecule has 0 radical (unpaired) electrons. The van der Waals surface area contributed by atoms with Crippen LogP contribution in [0.1, 0.15) is 35.7 Å². The van der Waals surface area contributed by atoms with E-state index >= 15 is 0 Å². The normalized spacial score (nSPS) is 12.8. The topological polar surface area (TPSA) is 52.2 Å². The maximum absolute atomic E-state index is 5.69. The van der Waals surface area contributed by atoms with Gasteiger partial charge in [0.2, 0.25) is 0 Å². The van der Waals surface area contributed by atoms with Crippen molar-refractivity contribution in [3.05, 3.63) is 39.5 Å². The molecule has 6 heteroatoms. The molecule has 0 aliphatic carbocycles. The summed E-state index contributed by atoms with van der Waals surface area (Å²) in [6.07, 6.45) is 1.83. The Balaban J connectivity index is 2.43. The van der Waals surface area contributed by atoms with Gasteiger partial charge in [-0.1, -0.05) is 6.92 Å². The molecule has 0 saturated carbocycles. The second kappa shape index (κ2) is 7.24. The van der Waals surface area contributed by atoms with Crippen molar-refractivity contribution in [1.82, 2.24) is 15.1 Å².